The maximum atomic E-state index is 12.5. The maximum absolute atomic E-state index is 12.5. The third kappa shape index (κ3) is 3.03. The molecule has 2 heterocycles. The lowest BCUT2D eigenvalue weighted by Gasteiger charge is -2.33. The van der Waals surface area contributed by atoms with Gasteiger partial charge in [-0.05, 0) is 6.07 Å². The van der Waals surface area contributed by atoms with Gasteiger partial charge in [-0.2, -0.15) is 0 Å². The number of carbonyl (C=O) groups excluding carboxylic acids is 2. The molecule has 6 nitrogen and oxygen atoms in total. The van der Waals surface area contributed by atoms with Crippen LogP contribution in [0.3, 0.4) is 0 Å². The Morgan fingerprint density at radius 2 is 2.25 bits per heavy atom. The first-order chi connectivity index (χ1) is 9.54. The minimum absolute atomic E-state index is 0.0921. The summed E-state index contributed by atoms with van der Waals surface area (Å²) in [4.78, 5) is 29.3. The summed E-state index contributed by atoms with van der Waals surface area (Å²) in [5.41, 5.74) is 0.197. The maximum Gasteiger partial charge on any atom is 0.331 e. The van der Waals surface area contributed by atoms with Crippen LogP contribution in [-0.2, 0) is 14.3 Å². The molecule has 1 aliphatic rings. The molecule has 1 aromatic rings. The fraction of sp³-hybridized carbons (Fsp3) is 0.417. The molecule has 1 atom stereocenters. The lowest BCUT2D eigenvalue weighted by molar-refractivity contribution is -0.151. The fourth-order valence-corrected chi connectivity index (χ4v) is 2.25. The summed E-state index contributed by atoms with van der Waals surface area (Å²) in [6.07, 6.45) is 1.30. The second-order valence-electron chi connectivity index (χ2n) is 4.10. The summed E-state index contributed by atoms with van der Waals surface area (Å²) >= 11 is 11.7. The molecule has 8 heteroatoms. The van der Waals surface area contributed by atoms with Gasteiger partial charge < -0.3 is 14.4 Å². The molecule has 108 valence electrons. The van der Waals surface area contributed by atoms with Crippen LogP contribution in [0.5, 0.6) is 0 Å². The average molecular weight is 319 g/mol. The molecule has 0 radical (unpaired) electrons. The van der Waals surface area contributed by atoms with E-state index in [2.05, 4.69) is 9.72 Å². The third-order valence-corrected chi connectivity index (χ3v) is 3.42. The van der Waals surface area contributed by atoms with E-state index in [-0.39, 0.29) is 28.9 Å². The highest BCUT2D eigenvalue weighted by molar-refractivity contribution is 6.35. The Balaban J connectivity index is 2.30. The largest absolute Gasteiger partial charge is 0.467 e. The minimum Gasteiger partial charge on any atom is -0.467 e. The summed E-state index contributed by atoms with van der Waals surface area (Å²) in [5, 5.41) is 0.329. The standard InChI is InChI=1S/C12H12Cl2N2O4/c1-19-12(18)9-6-20-3-2-16(9)11(17)7-4-10(14)15-5-8(7)13/h4-5,9H,2-3,6H2,1H3. The summed E-state index contributed by atoms with van der Waals surface area (Å²) in [6.45, 7) is 0.708. The highest BCUT2D eigenvalue weighted by Gasteiger charge is 2.34. The van der Waals surface area contributed by atoms with E-state index >= 15 is 0 Å². The molecular formula is C12H12Cl2N2O4. The van der Waals surface area contributed by atoms with Crippen molar-refractivity contribution in [1.29, 1.82) is 0 Å². The van der Waals surface area contributed by atoms with Gasteiger partial charge in [0.15, 0.2) is 6.04 Å². The van der Waals surface area contributed by atoms with E-state index < -0.39 is 17.9 Å². The third-order valence-electron chi connectivity index (χ3n) is 2.91. The predicted molar refractivity (Wildman–Crippen MR) is 71.9 cm³/mol. The van der Waals surface area contributed by atoms with Gasteiger partial charge in [-0.25, -0.2) is 9.78 Å². The lowest BCUT2D eigenvalue weighted by Crippen LogP contribution is -2.53. The molecule has 0 aromatic carbocycles. The first-order valence-electron chi connectivity index (χ1n) is 5.82. The Hall–Kier alpha value is -1.37. The van der Waals surface area contributed by atoms with Crippen LogP contribution in [-0.4, -0.2) is 54.7 Å². The van der Waals surface area contributed by atoms with E-state index in [9.17, 15) is 9.59 Å². The highest BCUT2D eigenvalue weighted by atomic mass is 35.5. The van der Waals surface area contributed by atoms with Gasteiger partial charge in [-0.1, -0.05) is 23.2 Å². The number of esters is 1. The van der Waals surface area contributed by atoms with Crippen molar-refractivity contribution in [2.24, 2.45) is 0 Å². The second kappa shape index (κ2) is 6.39. The van der Waals surface area contributed by atoms with E-state index in [0.717, 1.165) is 0 Å². The van der Waals surface area contributed by atoms with Gasteiger partial charge in [0.25, 0.3) is 5.91 Å². The van der Waals surface area contributed by atoms with Crippen molar-refractivity contribution >= 4 is 35.1 Å². The molecule has 2 rings (SSSR count). The van der Waals surface area contributed by atoms with Crippen LogP contribution in [0.4, 0.5) is 0 Å². The summed E-state index contributed by atoms with van der Waals surface area (Å²) in [7, 11) is 1.26. The topological polar surface area (TPSA) is 68.7 Å². The molecule has 0 bridgehead atoms. The molecule has 1 amide bonds. The molecule has 1 fully saturated rings. The van der Waals surface area contributed by atoms with Gasteiger partial charge in [0.05, 0.1) is 30.9 Å². The van der Waals surface area contributed by atoms with Crippen molar-refractivity contribution in [3.05, 3.63) is 28.0 Å². The Kier molecular flexibility index (Phi) is 4.80. The van der Waals surface area contributed by atoms with Crippen LogP contribution >= 0.6 is 23.2 Å². The number of morpholine rings is 1. The van der Waals surface area contributed by atoms with Gasteiger partial charge in [0, 0.05) is 12.7 Å². The first-order valence-corrected chi connectivity index (χ1v) is 6.57. The zero-order chi connectivity index (χ0) is 14.7. The molecule has 1 unspecified atom stereocenters. The molecule has 0 aliphatic carbocycles. The number of carbonyl (C=O) groups is 2. The molecule has 0 N–H and O–H groups in total. The van der Waals surface area contributed by atoms with Crippen LogP contribution < -0.4 is 0 Å². The summed E-state index contributed by atoms with van der Waals surface area (Å²) in [5.74, 6) is -0.938. The highest BCUT2D eigenvalue weighted by Crippen LogP contribution is 2.22. The van der Waals surface area contributed by atoms with E-state index in [1.54, 1.807) is 0 Å². The van der Waals surface area contributed by atoms with Crippen molar-refractivity contribution in [2.75, 3.05) is 26.9 Å². The van der Waals surface area contributed by atoms with Crippen LogP contribution in [0, 0.1) is 0 Å². The minimum atomic E-state index is -0.788. The van der Waals surface area contributed by atoms with Gasteiger partial charge in [-0.15, -0.1) is 0 Å². The van der Waals surface area contributed by atoms with E-state index in [1.807, 2.05) is 0 Å². The summed E-state index contributed by atoms with van der Waals surface area (Å²) < 4.78 is 9.88. The van der Waals surface area contributed by atoms with Crippen molar-refractivity contribution in [2.45, 2.75) is 6.04 Å². The number of amides is 1. The molecular weight excluding hydrogens is 307 g/mol. The number of hydrogen-bond acceptors (Lipinski definition) is 5. The van der Waals surface area contributed by atoms with Gasteiger partial charge in [0.2, 0.25) is 0 Å². The smallest absolute Gasteiger partial charge is 0.331 e. The van der Waals surface area contributed by atoms with Crippen molar-refractivity contribution in [1.82, 2.24) is 9.88 Å². The number of hydrogen-bond donors (Lipinski definition) is 0. The fourth-order valence-electron chi connectivity index (χ4n) is 1.91. The van der Waals surface area contributed by atoms with E-state index in [0.29, 0.717) is 6.61 Å². The molecule has 0 saturated carbocycles. The number of nitrogens with zero attached hydrogens (tertiary/aromatic N) is 2. The predicted octanol–water partition coefficient (Wildman–Crippen LogP) is 1.40. The Labute approximate surface area is 125 Å². The zero-order valence-corrected chi connectivity index (χ0v) is 12.1. The van der Waals surface area contributed by atoms with Crippen molar-refractivity contribution in [3.8, 4) is 0 Å². The molecule has 0 spiro atoms. The first kappa shape index (κ1) is 15.0. The number of halogens is 2. The van der Waals surface area contributed by atoms with Crippen LogP contribution in [0.25, 0.3) is 0 Å². The van der Waals surface area contributed by atoms with E-state index in [4.69, 9.17) is 27.9 Å². The molecule has 1 aliphatic heterocycles. The van der Waals surface area contributed by atoms with Crippen LogP contribution in [0.15, 0.2) is 12.3 Å². The van der Waals surface area contributed by atoms with Gasteiger partial charge in [-0.3, -0.25) is 4.79 Å². The van der Waals surface area contributed by atoms with Crippen LogP contribution in [0.1, 0.15) is 10.4 Å². The number of aromatic nitrogens is 1. The van der Waals surface area contributed by atoms with Crippen molar-refractivity contribution < 1.29 is 19.1 Å². The number of pyridine rings is 1. The van der Waals surface area contributed by atoms with Gasteiger partial charge >= 0.3 is 5.97 Å². The zero-order valence-electron chi connectivity index (χ0n) is 10.6. The molecule has 1 aromatic heterocycles. The monoisotopic (exact) mass is 318 g/mol. The Bertz CT molecular complexity index is 538. The Morgan fingerprint density at radius 3 is 2.95 bits per heavy atom. The normalized spacial score (nSPS) is 18.8. The lowest BCUT2D eigenvalue weighted by atomic mass is 10.1. The van der Waals surface area contributed by atoms with Gasteiger partial charge in [0.1, 0.15) is 5.15 Å². The number of rotatable bonds is 2. The average Bonchev–Trinajstić information content (AvgIpc) is 2.48. The van der Waals surface area contributed by atoms with E-state index in [1.165, 1.54) is 24.3 Å². The van der Waals surface area contributed by atoms with Crippen LogP contribution in [0.2, 0.25) is 10.2 Å². The molecule has 1 saturated heterocycles. The number of methoxy groups -OCH3 is 1. The second-order valence-corrected chi connectivity index (χ2v) is 4.89. The Morgan fingerprint density at radius 1 is 1.50 bits per heavy atom. The SMILES string of the molecule is COC(=O)C1COCCN1C(=O)c1cc(Cl)ncc1Cl. The van der Waals surface area contributed by atoms with Crippen molar-refractivity contribution in [3.63, 3.8) is 0 Å². The quantitative estimate of drug-likeness (QED) is 0.609. The molecule has 20 heavy (non-hydrogen) atoms. The summed E-state index contributed by atoms with van der Waals surface area (Å²) in [6, 6.07) is 0.583. The number of ether oxygens (including phenoxy) is 2.